The molecule has 1 aromatic heterocycles. The smallest absolute Gasteiger partial charge is 0.335 e. The lowest BCUT2D eigenvalue weighted by molar-refractivity contribution is 0.0628. The molecule has 47 heavy (non-hydrogen) atoms. The van der Waals surface area contributed by atoms with Crippen LogP contribution in [-0.4, -0.2) is 80.2 Å². The Bertz CT molecular complexity index is 1800. The second-order valence-corrected chi connectivity index (χ2v) is 12.1. The van der Waals surface area contributed by atoms with Gasteiger partial charge in [0.15, 0.2) is 5.76 Å². The van der Waals surface area contributed by atoms with Crippen LogP contribution in [0, 0.1) is 24.1 Å². The van der Waals surface area contributed by atoms with Crippen molar-refractivity contribution in [2.24, 2.45) is 0 Å². The largest absolute Gasteiger partial charge is 0.451 e. The van der Waals surface area contributed by atoms with Gasteiger partial charge in [-0.15, -0.1) is 0 Å². The van der Waals surface area contributed by atoms with Gasteiger partial charge in [0, 0.05) is 69.3 Å². The summed E-state index contributed by atoms with van der Waals surface area (Å²) in [5, 5.41) is 12.7. The van der Waals surface area contributed by atoms with Gasteiger partial charge in [-0.25, -0.2) is 4.39 Å². The third-order valence-electron chi connectivity index (χ3n) is 8.66. The summed E-state index contributed by atoms with van der Waals surface area (Å²) in [5.74, 6) is -0.553. The summed E-state index contributed by atoms with van der Waals surface area (Å²) < 4.78 is 36.4. The third-order valence-corrected chi connectivity index (χ3v) is 8.66. The zero-order valence-corrected chi connectivity index (χ0v) is 26.9. The minimum absolute atomic E-state index is 0.00600. The average molecular weight is 658 g/mol. The van der Waals surface area contributed by atoms with Gasteiger partial charge in [0.2, 0.25) is 0 Å². The molecule has 2 aliphatic heterocycles. The fourth-order valence-electron chi connectivity index (χ4n) is 6.03. The molecule has 4 aromatic rings. The van der Waals surface area contributed by atoms with E-state index in [0.29, 0.717) is 30.8 Å². The Morgan fingerprint density at radius 1 is 0.894 bits per heavy atom. The highest BCUT2D eigenvalue weighted by molar-refractivity contribution is 7.51. The van der Waals surface area contributed by atoms with Crippen LogP contribution in [0.3, 0.4) is 0 Å². The maximum Gasteiger partial charge on any atom is 0.335 e. The number of carbonyl (C=O) groups excluding carboxylic acids is 2. The first-order valence-corrected chi connectivity index (χ1v) is 16.2. The van der Waals surface area contributed by atoms with Crippen molar-refractivity contribution in [1.29, 1.82) is 5.26 Å². The number of piperazine rings is 1. The fraction of sp³-hybridized carbons (Fsp3) is 0.343. The van der Waals surface area contributed by atoms with Gasteiger partial charge in [0.1, 0.15) is 17.5 Å². The summed E-state index contributed by atoms with van der Waals surface area (Å²) in [7, 11) is 0. The van der Waals surface area contributed by atoms with Gasteiger partial charge in [-0.2, -0.15) is 13.7 Å². The number of nitrogens with zero attached hydrogens (tertiary/aromatic N) is 4. The molecule has 6 rings (SSSR count). The number of rotatable bonds is 7. The van der Waals surface area contributed by atoms with Crippen molar-refractivity contribution in [2.45, 2.75) is 38.9 Å². The van der Waals surface area contributed by atoms with Crippen LogP contribution < -0.4 is 5.32 Å². The number of hydrogen-bond donors (Lipinski definition) is 1. The second kappa shape index (κ2) is 15.7. The van der Waals surface area contributed by atoms with E-state index in [9.17, 15) is 14.0 Å². The summed E-state index contributed by atoms with van der Waals surface area (Å²) in [5.41, 5.74) is 4.56. The Hall–Kier alpha value is -4.70. The Labute approximate surface area is 276 Å². The highest BCUT2D eigenvalue weighted by Gasteiger charge is 2.25. The zero-order chi connectivity index (χ0) is 33.3. The van der Waals surface area contributed by atoms with Crippen molar-refractivity contribution in [3.63, 3.8) is 0 Å². The van der Waals surface area contributed by atoms with Crippen molar-refractivity contribution in [3.05, 3.63) is 106 Å². The molecule has 2 fully saturated rings. The number of halogens is 1. The molecule has 0 saturated carbocycles. The molecule has 2 aliphatic rings. The molecule has 10 nitrogen and oxygen atoms in total. The highest BCUT2D eigenvalue weighted by atomic mass is 32.1. The molecule has 0 aliphatic carbocycles. The van der Waals surface area contributed by atoms with E-state index in [1.54, 1.807) is 30.3 Å². The number of aryl methyl sites for hydroxylation is 1. The van der Waals surface area contributed by atoms with Crippen LogP contribution in [0.5, 0.6) is 0 Å². The van der Waals surface area contributed by atoms with Crippen LogP contribution >= 0.6 is 0 Å². The standard InChI is InChI=1S/C35H36FN5O3.O2S/c1-24-2-4-25(5-3-24)22-40-14-16-41(17-15-40)35(43)27-8-9-32-29(19-27)20-33(44-32)34(42)38-30-10-12-39(13-11-30)23-26-6-7-28(21-37)31(36)18-26;1-3-2/h2-9,18-20,30H,10-17,22-23H2,1H3,(H,38,42);. The lowest BCUT2D eigenvalue weighted by atomic mass is 10.0. The summed E-state index contributed by atoms with van der Waals surface area (Å²) in [4.78, 5) is 32.8. The molecule has 2 saturated heterocycles. The van der Waals surface area contributed by atoms with Crippen LogP contribution in [0.1, 0.15) is 56.0 Å². The van der Waals surface area contributed by atoms with E-state index >= 15 is 0 Å². The number of nitriles is 1. The summed E-state index contributed by atoms with van der Waals surface area (Å²) in [6.07, 6.45) is 1.53. The molecule has 0 bridgehead atoms. The molecular weight excluding hydrogens is 621 g/mol. The number of hydrogen-bond acceptors (Lipinski definition) is 8. The van der Waals surface area contributed by atoms with E-state index in [0.717, 1.165) is 56.5 Å². The van der Waals surface area contributed by atoms with Crippen LogP contribution in [-0.2, 0) is 24.7 Å². The molecular formula is C35H36FN5O5S. The van der Waals surface area contributed by atoms with Crippen molar-refractivity contribution in [1.82, 2.24) is 20.0 Å². The van der Waals surface area contributed by atoms with Gasteiger partial charge in [-0.1, -0.05) is 35.9 Å². The average Bonchev–Trinajstić information content (AvgIpc) is 3.51. The number of fused-ring (bicyclic) bond motifs is 1. The van der Waals surface area contributed by atoms with E-state index in [1.165, 1.54) is 23.3 Å². The van der Waals surface area contributed by atoms with Gasteiger partial charge >= 0.3 is 11.6 Å². The molecule has 3 aromatic carbocycles. The van der Waals surface area contributed by atoms with Crippen molar-refractivity contribution < 1.29 is 26.8 Å². The van der Waals surface area contributed by atoms with Crippen LogP contribution in [0.2, 0.25) is 0 Å². The molecule has 0 unspecified atom stereocenters. The predicted octanol–water partition coefficient (Wildman–Crippen LogP) is 4.43. The SMILES string of the molecule is Cc1ccc(CN2CCN(C(=O)c3ccc4oc(C(=O)NC5CCN(Cc6ccc(C#N)c(F)c6)CC5)cc4c3)CC2)cc1.O=S=O. The second-order valence-electron chi connectivity index (χ2n) is 11.9. The Morgan fingerprint density at radius 2 is 1.53 bits per heavy atom. The van der Waals surface area contributed by atoms with E-state index < -0.39 is 17.4 Å². The number of nitrogens with one attached hydrogen (secondary N) is 1. The lowest BCUT2D eigenvalue weighted by Crippen LogP contribution is -2.48. The maximum atomic E-state index is 14.0. The van der Waals surface area contributed by atoms with Gasteiger partial charge in [-0.3, -0.25) is 19.4 Å². The minimum atomic E-state index is -0.750. The van der Waals surface area contributed by atoms with Gasteiger partial charge in [-0.05, 0) is 67.3 Å². The molecule has 0 atom stereocenters. The molecule has 2 amide bonds. The quantitative estimate of drug-likeness (QED) is 0.309. The lowest BCUT2D eigenvalue weighted by Gasteiger charge is -2.34. The summed E-state index contributed by atoms with van der Waals surface area (Å²) in [6.45, 7) is 8.08. The molecule has 0 radical (unpaired) electrons. The number of benzene rings is 3. The third kappa shape index (κ3) is 8.77. The topological polar surface area (TPSA) is 127 Å². The van der Waals surface area contributed by atoms with Crippen molar-refractivity contribution in [2.75, 3.05) is 39.3 Å². The first-order valence-electron chi connectivity index (χ1n) is 15.5. The normalized spacial score (nSPS) is 15.8. The monoisotopic (exact) mass is 657 g/mol. The number of piperidine rings is 1. The predicted molar refractivity (Wildman–Crippen MR) is 174 cm³/mol. The van der Waals surface area contributed by atoms with E-state index in [4.69, 9.17) is 18.1 Å². The summed E-state index contributed by atoms with van der Waals surface area (Å²) in [6, 6.07) is 22.2. The van der Waals surface area contributed by atoms with Gasteiger partial charge < -0.3 is 14.6 Å². The van der Waals surface area contributed by atoms with E-state index in [1.807, 2.05) is 11.0 Å². The number of likely N-dealkylation sites (tertiary alicyclic amines) is 1. The van der Waals surface area contributed by atoms with E-state index in [2.05, 4.69) is 46.3 Å². The van der Waals surface area contributed by atoms with Crippen LogP contribution in [0.25, 0.3) is 11.0 Å². The molecule has 3 heterocycles. The maximum absolute atomic E-state index is 14.0. The number of furan rings is 1. The molecule has 244 valence electrons. The van der Waals surface area contributed by atoms with Crippen LogP contribution in [0.15, 0.2) is 71.1 Å². The summed E-state index contributed by atoms with van der Waals surface area (Å²) >= 11 is -0.750. The van der Waals surface area contributed by atoms with E-state index in [-0.39, 0.29) is 29.2 Å². The Morgan fingerprint density at radius 3 is 2.19 bits per heavy atom. The first kappa shape index (κ1) is 33.7. The minimum Gasteiger partial charge on any atom is -0.451 e. The molecule has 1 N–H and O–H groups in total. The van der Waals surface area contributed by atoms with Crippen molar-refractivity contribution >= 4 is 34.4 Å². The molecule has 0 spiro atoms. The van der Waals surface area contributed by atoms with Crippen molar-refractivity contribution in [3.8, 4) is 6.07 Å². The van der Waals surface area contributed by atoms with Gasteiger partial charge in [0.25, 0.3) is 11.8 Å². The Kier molecular flexibility index (Phi) is 11.3. The number of carbonyl (C=O) groups is 2. The zero-order valence-electron chi connectivity index (χ0n) is 26.1. The van der Waals surface area contributed by atoms with Gasteiger partial charge in [0.05, 0.1) is 5.56 Å². The molecule has 12 heteroatoms. The van der Waals surface area contributed by atoms with Crippen LogP contribution in [0.4, 0.5) is 4.39 Å². The fourth-order valence-corrected chi connectivity index (χ4v) is 6.03. The first-order chi connectivity index (χ1) is 22.8. The Balaban J connectivity index is 0.00000139. The highest BCUT2D eigenvalue weighted by Crippen LogP contribution is 2.23. The number of amides is 2.